The molecule has 1 atom stereocenters. The number of anilines is 1. The van der Waals surface area contributed by atoms with Crippen molar-refractivity contribution in [1.82, 2.24) is 15.5 Å². The van der Waals surface area contributed by atoms with Gasteiger partial charge in [0.2, 0.25) is 0 Å². The van der Waals surface area contributed by atoms with Crippen molar-refractivity contribution < 1.29 is 14.3 Å². The van der Waals surface area contributed by atoms with E-state index in [-0.39, 0.29) is 12.1 Å². The van der Waals surface area contributed by atoms with E-state index in [0.717, 1.165) is 5.56 Å². The monoisotopic (exact) mass is 300 g/mol. The Morgan fingerprint density at radius 2 is 2.00 bits per heavy atom. The molecule has 1 heterocycles. The van der Waals surface area contributed by atoms with Crippen molar-refractivity contribution in [2.24, 2.45) is 0 Å². The van der Waals surface area contributed by atoms with Gasteiger partial charge < -0.3 is 15.8 Å². The maximum Gasteiger partial charge on any atom is 0.307 e. The Morgan fingerprint density at radius 1 is 1.27 bits per heavy atom. The van der Waals surface area contributed by atoms with Crippen LogP contribution in [-0.2, 0) is 9.53 Å². The largest absolute Gasteiger partial charge is 0.469 e. The van der Waals surface area contributed by atoms with Crippen molar-refractivity contribution in [3.8, 4) is 0 Å². The molecule has 1 aromatic heterocycles. The van der Waals surface area contributed by atoms with Crippen LogP contribution in [0.15, 0.2) is 42.6 Å². The number of nitrogen functional groups attached to an aromatic ring is 1. The molecule has 0 bridgehead atoms. The highest BCUT2D eigenvalue weighted by atomic mass is 16.5. The van der Waals surface area contributed by atoms with Crippen LogP contribution in [0.5, 0.6) is 0 Å². The van der Waals surface area contributed by atoms with Gasteiger partial charge >= 0.3 is 5.97 Å². The number of amides is 1. The van der Waals surface area contributed by atoms with Crippen molar-refractivity contribution in [3.63, 3.8) is 0 Å². The molecular formula is C15H16N4O3. The molecule has 1 aromatic carbocycles. The highest BCUT2D eigenvalue weighted by molar-refractivity contribution is 5.92. The van der Waals surface area contributed by atoms with Gasteiger partial charge in [0.15, 0.2) is 5.69 Å². The van der Waals surface area contributed by atoms with E-state index in [9.17, 15) is 9.59 Å². The minimum Gasteiger partial charge on any atom is -0.469 e. The van der Waals surface area contributed by atoms with Gasteiger partial charge in [0.05, 0.1) is 19.6 Å². The van der Waals surface area contributed by atoms with Gasteiger partial charge in [0.1, 0.15) is 0 Å². The van der Waals surface area contributed by atoms with Crippen LogP contribution in [0.1, 0.15) is 28.5 Å². The van der Waals surface area contributed by atoms with E-state index >= 15 is 0 Å². The number of esters is 1. The second-order valence-electron chi connectivity index (χ2n) is 4.58. The number of nitrogens with one attached hydrogen (secondary N) is 1. The molecule has 2 rings (SSSR count). The number of carbonyl (C=O) groups is 2. The summed E-state index contributed by atoms with van der Waals surface area (Å²) >= 11 is 0. The molecule has 114 valence electrons. The molecule has 0 unspecified atom stereocenters. The third-order valence-corrected chi connectivity index (χ3v) is 3.05. The Kier molecular flexibility index (Phi) is 5.02. The third-order valence-electron chi connectivity index (χ3n) is 3.05. The Labute approximate surface area is 127 Å². The summed E-state index contributed by atoms with van der Waals surface area (Å²) in [7, 11) is 1.30. The van der Waals surface area contributed by atoms with Crippen LogP contribution in [0.2, 0.25) is 0 Å². The van der Waals surface area contributed by atoms with Gasteiger partial charge in [-0.05, 0) is 29.8 Å². The standard InChI is InChI=1S/C15H16N4O3/c1-22-14(20)9-13(10-4-6-11(16)7-5-10)18-15(21)12-3-2-8-17-19-12/h2-8,13H,9,16H2,1H3,(H,18,21)/t13-/m1/s1. The zero-order chi connectivity index (χ0) is 15.9. The third kappa shape index (κ3) is 4.02. The smallest absolute Gasteiger partial charge is 0.307 e. The number of rotatable bonds is 5. The number of aromatic nitrogens is 2. The predicted octanol–water partition coefficient (Wildman–Crippen LogP) is 1.09. The lowest BCUT2D eigenvalue weighted by Gasteiger charge is -2.18. The molecule has 0 aliphatic carbocycles. The first-order chi connectivity index (χ1) is 10.6. The zero-order valence-electron chi connectivity index (χ0n) is 12.0. The van der Waals surface area contributed by atoms with Gasteiger partial charge in [-0.25, -0.2) is 0 Å². The van der Waals surface area contributed by atoms with Gasteiger partial charge in [-0.1, -0.05) is 12.1 Å². The topological polar surface area (TPSA) is 107 Å². The summed E-state index contributed by atoms with van der Waals surface area (Å²) < 4.78 is 4.67. The van der Waals surface area contributed by atoms with E-state index in [1.165, 1.54) is 13.3 Å². The van der Waals surface area contributed by atoms with Crippen molar-refractivity contribution in [1.29, 1.82) is 0 Å². The van der Waals surface area contributed by atoms with Crippen LogP contribution < -0.4 is 11.1 Å². The average Bonchev–Trinajstić information content (AvgIpc) is 2.55. The van der Waals surface area contributed by atoms with Gasteiger partial charge in [0.25, 0.3) is 5.91 Å². The maximum absolute atomic E-state index is 12.2. The van der Waals surface area contributed by atoms with E-state index in [1.807, 2.05) is 0 Å². The second kappa shape index (κ2) is 7.16. The highest BCUT2D eigenvalue weighted by Gasteiger charge is 2.20. The first-order valence-corrected chi connectivity index (χ1v) is 6.61. The fraction of sp³-hybridized carbons (Fsp3) is 0.200. The van der Waals surface area contributed by atoms with Crippen LogP contribution in [0.3, 0.4) is 0 Å². The lowest BCUT2D eigenvalue weighted by atomic mass is 10.0. The van der Waals surface area contributed by atoms with E-state index in [0.29, 0.717) is 5.69 Å². The lowest BCUT2D eigenvalue weighted by molar-refractivity contribution is -0.141. The fourth-order valence-electron chi connectivity index (χ4n) is 1.89. The van der Waals surface area contributed by atoms with Crippen molar-refractivity contribution in [2.45, 2.75) is 12.5 Å². The van der Waals surface area contributed by atoms with E-state index in [4.69, 9.17) is 5.73 Å². The summed E-state index contributed by atoms with van der Waals surface area (Å²) in [4.78, 5) is 23.7. The Morgan fingerprint density at radius 3 is 2.59 bits per heavy atom. The first-order valence-electron chi connectivity index (χ1n) is 6.61. The molecule has 7 nitrogen and oxygen atoms in total. The van der Waals surface area contributed by atoms with Gasteiger partial charge in [-0.3, -0.25) is 9.59 Å². The number of carbonyl (C=O) groups excluding carboxylic acids is 2. The number of methoxy groups -OCH3 is 1. The normalized spacial score (nSPS) is 11.5. The lowest BCUT2D eigenvalue weighted by Crippen LogP contribution is -2.31. The van der Waals surface area contributed by atoms with Crippen molar-refractivity contribution in [2.75, 3.05) is 12.8 Å². The molecule has 0 saturated carbocycles. The highest BCUT2D eigenvalue weighted by Crippen LogP contribution is 2.19. The van der Waals surface area contributed by atoms with E-state index in [2.05, 4.69) is 20.3 Å². The summed E-state index contributed by atoms with van der Waals surface area (Å²) in [6.45, 7) is 0. The molecular weight excluding hydrogens is 284 g/mol. The number of ether oxygens (including phenoxy) is 1. The zero-order valence-corrected chi connectivity index (χ0v) is 12.0. The van der Waals surface area contributed by atoms with Gasteiger partial charge in [0, 0.05) is 11.9 Å². The molecule has 0 spiro atoms. The quantitative estimate of drug-likeness (QED) is 0.632. The minimum absolute atomic E-state index is 0.00637. The second-order valence-corrected chi connectivity index (χ2v) is 4.58. The Hall–Kier alpha value is -2.96. The first kappa shape index (κ1) is 15.4. The molecule has 1 amide bonds. The summed E-state index contributed by atoms with van der Waals surface area (Å²) in [6.07, 6.45) is 1.48. The number of nitrogens with two attached hydrogens (primary N) is 1. The van der Waals surface area contributed by atoms with Crippen molar-refractivity contribution >= 4 is 17.6 Å². The summed E-state index contributed by atoms with van der Waals surface area (Å²) in [5.74, 6) is -0.847. The molecule has 3 N–H and O–H groups in total. The van der Waals surface area contributed by atoms with Crippen LogP contribution in [0.4, 0.5) is 5.69 Å². The number of benzene rings is 1. The SMILES string of the molecule is COC(=O)C[C@@H](NC(=O)c1cccnn1)c1ccc(N)cc1. The summed E-state index contributed by atoms with van der Waals surface area (Å²) in [5.41, 5.74) is 7.17. The average molecular weight is 300 g/mol. The molecule has 0 saturated heterocycles. The van der Waals surface area contributed by atoms with E-state index in [1.54, 1.807) is 36.4 Å². The van der Waals surface area contributed by atoms with E-state index < -0.39 is 17.9 Å². The molecule has 0 aliphatic rings. The predicted molar refractivity (Wildman–Crippen MR) is 79.7 cm³/mol. The van der Waals surface area contributed by atoms with Gasteiger partial charge in [-0.2, -0.15) is 5.10 Å². The molecule has 0 aliphatic heterocycles. The van der Waals surface area contributed by atoms with Crippen LogP contribution >= 0.6 is 0 Å². The number of hydrogen-bond donors (Lipinski definition) is 2. The number of hydrogen-bond acceptors (Lipinski definition) is 6. The summed E-state index contributed by atoms with van der Waals surface area (Å²) in [5, 5.41) is 10.1. The van der Waals surface area contributed by atoms with Gasteiger partial charge in [-0.15, -0.1) is 5.10 Å². The summed E-state index contributed by atoms with van der Waals surface area (Å²) in [6, 6.07) is 9.52. The molecule has 7 heteroatoms. The van der Waals surface area contributed by atoms with Crippen LogP contribution in [-0.4, -0.2) is 29.2 Å². The Bertz CT molecular complexity index is 644. The van der Waals surface area contributed by atoms with Crippen LogP contribution in [0, 0.1) is 0 Å². The number of nitrogens with zero attached hydrogens (tertiary/aromatic N) is 2. The molecule has 0 fully saturated rings. The molecule has 2 aromatic rings. The fourth-order valence-corrected chi connectivity index (χ4v) is 1.89. The Balaban J connectivity index is 2.19. The maximum atomic E-state index is 12.2. The minimum atomic E-state index is -0.539. The van der Waals surface area contributed by atoms with Crippen LogP contribution in [0.25, 0.3) is 0 Å². The molecule has 22 heavy (non-hydrogen) atoms. The molecule has 0 radical (unpaired) electrons. The van der Waals surface area contributed by atoms with Crippen molar-refractivity contribution in [3.05, 3.63) is 53.9 Å².